The Morgan fingerprint density at radius 1 is 1.10 bits per heavy atom. The maximum Gasteiger partial charge on any atom is 0.186 e. The highest BCUT2D eigenvalue weighted by molar-refractivity contribution is 6.06. The molecule has 6 atom stereocenters. The number of Topliss-reactive ketones (excluding diaryl/α,β-unsaturated/α-hetero) is 1. The molecule has 29 heavy (non-hydrogen) atoms. The Morgan fingerprint density at radius 3 is 2.38 bits per heavy atom. The first-order valence-electron chi connectivity index (χ1n) is 9.80. The molecule has 2 aliphatic rings. The summed E-state index contributed by atoms with van der Waals surface area (Å²) in [5.74, 6) is -0.0893. The molecule has 0 amide bonds. The molecule has 1 aliphatic carbocycles. The van der Waals surface area contributed by atoms with Crippen LogP contribution in [0.2, 0.25) is 0 Å². The number of hydrogen-bond donors (Lipinski definition) is 5. The van der Waals surface area contributed by atoms with E-state index in [4.69, 9.17) is 9.47 Å². The minimum Gasteiger partial charge on any atom is -0.394 e. The van der Waals surface area contributed by atoms with Crippen LogP contribution in [0.15, 0.2) is 6.07 Å². The fourth-order valence-corrected chi connectivity index (χ4v) is 4.27. The lowest BCUT2D eigenvalue weighted by molar-refractivity contribution is -0.300. The van der Waals surface area contributed by atoms with Gasteiger partial charge in [0.1, 0.15) is 24.4 Å². The van der Waals surface area contributed by atoms with Gasteiger partial charge >= 0.3 is 0 Å². The summed E-state index contributed by atoms with van der Waals surface area (Å²) in [7, 11) is 0. The van der Waals surface area contributed by atoms with Crippen molar-refractivity contribution >= 4 is 5.78 Å². The second-order valence-corrected chi connectivity index (χ2v) is 8.53. The van der Waals surface area contributed by atoms with E-state index in [0.717, 1.165) is 16.7 Å². The third-order valence-corrected chi connectivity index (χ3v) is 6.24. The molecule has 1 aliphatic heterocycles. The van der Waals surface area contributed by atoms with Gasteiger partial charge in [-0.15, -0.1) is 0 Å². The first-order valence-corrected chi connectivity index (χ1v) is 9.80. The number of aliphatic hydroxyl groups is 5. The van der Waals surface area contributed by atoms with Gasteiger partial charge in [-0.2, -0.15) is 0 Å². The van der Waals surface area contributed by atoms with Crippen molar-refractivity contribution in [3.63, 3.8) is 0 Å². The summed E-state index contributed by atoms with van der Waals surface area (Å²) in [4.78, 5) is 12.8. The van der Waals surface area contributed by atoms with Gasteiger partial charge in [-0.25, -0.2) is 0 Å². The minimum atomic E-state index is -1.49. The zero-order chi connectivity index (χ0) is 21.7. The average Bonchev–Trinajstić information content (AvgIpc) is 2.84. The third kappa shape index (κ3) is 3.63. The Kier molecular flexibility index (Phi) is 6.18. The van der Waals surface area contributed by atoms with Crippen LogP contribution in [-0.4, -0.2) is 75.2 Å². The van der Waals surface area contributed by atoms with Crippen molar-refractivity contribution < 1.29 is 39.8 Å². The number of benzene rings is 1. The lowest BCUT2D eigenvalue weighted by Crippen LogP contribution is -2.59. The summed E-state index contributed by atoms with van der Waals surface area (Å²) in [5, 5.41) is 49.5. The van der Waals surface area contributed by atoms with Gasteiger partial charge in [-0.1, -0.05) is 6.07 Å². The zero-order valence-corrected chi connectivity index (χ0v) is 17.1. The van der Waals surface area contributed by atoms with E-state index < -0.39 is 48.8 Å². The number of hydrogen-bond acceptors (Lipinski definition) is 8. The number of ether oxygens (including phenoxy) is 2. The van der Waals surface area contributed by atoms with E-state index in [1.165, 1.54) is 0 Å². The molecule has 162 valence electrons. The summed E-state index contributed by atoms with van der Waals surface area (Å²) in [6.07, 6.45) is -7.02. The number of fused-ring (bicyclic) bond motifs is 1. The van der Waals surface area contributed by atoms with E-state index >= 15 is 0 Å². The van der Waals surface area contributed by atoms with Crippen LogP contribution in [0, 0.1) is 19.3 Å². The Balaban J connectivity index is 1.74. The predicted octanol–water partition coefficient (Wildman–Crippen LogP) is -0.0817. The summed E-state index contributed by atoms with van der Waals surface area (Å²) in [6, 6.07) is 1.84. The molecule has 1 aromatic rings. The third-order valence-electron chi connectivity index (χ3n) is 6.24. The molecule has 0 unspecified atom stereocenters. The predicted molar refractivity (Wildman–Crippen MR) is 102 cm³/mol. The van der Waals surface area contributed by atoms with E-state index in [9.17, 15) is 30.3 Å². The van der Waals surface area contributed by atoms with Gasteiger partial charge < -0.3 is 35.0 Å². The standard InChI is InChI=1S/C21H30O8/c1-9-7-12-14(19(27)21(3,4)18(12)26)10(2)11(9)5-6-28-20-17(25)16(24)15(23)13(8-22)29-20/h7,13,15-18,20,22-26H,5-6,8H2,1-4H3/t13-,15-,16+,17-,18-,20-/m1/s1. The lowest BCUT2D eigenvalue weighted by Gasteiger charge is -2.39. The molecule has 1 fully saturated rings. The summed E-state index contributed by atoms with van der Waals surface area (Å²) < 4.78 is 10.9. The molecule has 5 N–H and O–H groups in total. The number of carbonyl (C=O) groups excluding carboxylic acids is 1. The van der Waals surface area contributed by atoms with Crippen LogP contribution in [0.4, 0.5) is 0 Å². The van der Waals surface area contributed by atoms with Gasteiger partial charge in [0.15, 0.2) is 12.1 Å². The highest BCUT2D eigenvalue weighted by Gasteiger charge is 2.47. The number of ketones is 1. The van der Waals surface area contributed by atoms with Gasteiger partial charge in [-0.05, 0) is 56.4 Å². The highest BCUT2D eigenvalue weighted by atomic mass is 16.7. The van der Waals surface area contributed by atoms with Crippen LogP contribution < -0.4 is 0 Å². The molecule has 1 heterocycles. The highest BCUT2D eigenvalue weighted by Crippen LogP contribution is 2.47. The topological polar surface area (TPSA) is 137 Å². The molecule has 0 radical (unpaired) electrons. The first kappa shape index (κ1) is 22.3. The molecule has 0 bridgehead atoms. The molecule has 3 rings (SSSR count). The smallest absolute Gasteiger partial charge is 0.186 e. The lowest BCUT2D eigenvalue weighted by atomic mass is 9.86. The van der Waals surface area contributed by atoms with E-state index in [0.29, 0.717) is 17.5 Å². The van der Waals surface area contributed by atoms with Crippen molar-refractivity contribution in [1.82, 2.24) is 0 Å². The van der Waals surface area contributed by atoms with Gasteiger partial charge in [0.2, 0.25) is 0 Å². The van der Waals surface area contributed by atoms with Gasteiger partial charge in [0, 0.05) is 5.56 Å². The van der Waals surface area contributed by atoms with Crippen LogP contribution in [0.5, 0.6) is 0 Å². The quantitative estimate of drug-likeness (QED) is 0.455. The number of carbonyl (C=O) groups is 1. The summed E-state index contributed by atoms with van der Waals surface area (Å²) in [6.45, 7) is 6.82. The molecule has 0 saturated carbocycles. The Bertz CT molecular complexity index is 787. The molecule has 8 heteroatoms. The van der Waals surface area contributed by atoms with E-state index in [1.807, 2.05) is 19.9 Å². The summed E-state index contributed by atoms with van der Waals surface area (Å²) in [5.41, 5.74) is 2.96. The monoisotopic (exact) mass is 410 g/mol. The Labute approximate surface area is 169 Å². The summed E-state index contributed by atoms with van der Waals surface area (Å²) >= 11 is 0. The van der Waals surface area contributed by atoms with Crippen LogP contribution in [0.3, 0.4) is 0 Å². The maximum atomic E-state index is 12.8. The van der Waals surface area contributed by atoms with E-state index in [1.54, 1.807) is 13.8 Å². The fraction of sp³-hybridized carbons (Fsp3) is 0.667. The van der Waals surface area contributed by atoms with Gasteiger partial charge in [0.25, 0.3) is 0 Å². The van der Waals surface area contributed by atoms with Gasteiger partial charge in [0.05, 0.1) is 24.7 Å². The molecule has 0 aromatic heterocycles. The van der Waals surface area contributed by atoms with E-state index in [-0.39, 0.29) is 12.4 Å². The molecule has 0 spiro atoms. The number of rotatable bonds is 5. The van der Waals surface area contributed by atoms with Crippen molar-refractivity contribution in [2.75, 3.05) is 13.2 Å². The molecule has 8 nitrogen and oxygen atoms in total. The average molecular weight is 410 g/mol. The Hall–Kier alpha value is -1.39. The number of aryl methyl sites for hydroxylation is 1. The Morgan fingerprint density at radius 2 is 1.76 bits per heavy atom. The van der Waals surface area contributed by atoms with Crippen molar-refractivity contribution in [3.8, 4) is 0 Å². The molecular weight excluding hydrogens is 380 g/mol. The van der Waals surface area contributed by atoms with Crippen LogP contribution in [0.1, 0.15) is 52.6 Å². The van der Waals surface area contributed by atoms with Crippen molar-refractivity contribution in [3.05, 3.63) is 33.9 Å². The van der Waals surface area contributed by atoms with Crippen molar-refractivity contribution in [2.24, 2.45) is 5.41 Å². The van der Waals surface area contributed by atoms with Gasteiger partial charge in [-0.3, -0.25) is 4.79 Å². The zero-order valence-electron chi connectivity index (χ0n) is 17.1. The molecular formula is C21H30O8. The van der Waals surface area contributed by atoms with Crippen molar-refractivity contribution in [1.29, 1.82) is 0 Å². The van der Waals surface area contributed by atoms with Crippen LogP contribution in [0.25, 0.3) is 0 Å². The second-order valence-electron chi connectivity index (χ2n) is 8.53. The first-order chi connectivity index (χ1) is 13.5. The fourth-order valence-electron chi connectivity index (χ4n) is 4.27. The molecule has 1 aromatic carbocycles. The number of aliphatic hydroxyl groups excluding tert-OH is 5. The normalized spacial score (nSPS) is 33.8. The van der Waals surface area contributed by atoms with Crippen LogP contribution >= 0.6 is 0 Å². The maximum absolute atomic E-state index is 12.8. The van der Waals surface area contributed by atoms with E-state index in [2.05, 4.69) is 0 Å². The largest absolute Gasteiger partial charge is 0.394 e. The molecule has 1 saturated heterocycles. The van der Waals surface area contributed by atoms with Crippen molar-refractivity contribution in [2.45, 2.75) is 70.9 Å². The second kappa shape index (κ2) is 8.03. The SMILES string of the molecule is Cc1cc2c(c(C)c1CCO[C@@H]1O[C@H](CO)[C@@H](O)[C@H](O)[C@H]1O)C(=O)C(C)(C)[C@@H]2O. The van der Waals surface area contributed by atoms with Crippen LogP contribution in [-0.2, 0) is 15.9 Å². The minimum absolute atomic E-state index is 0.0893.